The van der Waals surface area contributed by atoms with Gasteiger partial charge in [0, 0.05) is 5.41 Å². The number of allylic oxidation sites excluding steroid dienone is 2. The number of ether oxygens (including phenoxy) is 2. The highest BCUT2D eigenvalue weighted by Gasteiger charge is 2.25. The monoisotopic (exact) mass is 296 g/mol. The molecule has 2 nitrogen and oxygen atoms in total. The van der Waals surface area contributed by atoms with Gasteiger partial charge in [-0.2, -0.15) is 0 Å². The van der Waals surface area contributed by atoms with Gasteiger partial charge in [-0.05, 0) is 12.8 Å². The van der Waals surface area contributed by atoms with E-state index in [9.17, 15) is 0 Å². The lowest BCUT2D eigenvalue weighted by Gasteiger charge is -2.29. The summed E-state index contributed by atoms with van der Waals surface area (Å²) in [6.45, 7) is 12.1. The highest BCUT2D eigenvalue weighted by atomic mass is 16.7. The summed E-state index contributed by atoms with van der Waals surface area (Å²) in [5.41, 5.74) is -0.00544. The Bertz CT molecular complexity index is 252. The van der Waals surface area contributed by atoms with Gasteiger partial charge < -0.3 is 9.47 Å². The first-order chi connectivity index (χ1) is 10.0. The third kappa shape index (κ3) is 12.8. The lowest BCUT2D eigenvalue weighted by atomic mass is 9.96. The lowest BCUT2D eigenvalue weighted by molar-refractivity contribution is -0.181. The quantitative estimate of drug-likeness (QED) is 0.254. The molecule has 0 aromatic carbocycles. The van der Waals surface area contributed by atoms with Crippen LogP contribution in [0.2, 0.25) is 0 Å². The second-order valence-corrected chi connectivity index (χ2v) is 6.59. The minimum atomic E-state index is -0.163. The van der Waals surface area contributed by atoms with Gasteiger partial charge in [0.1, 0.15) is 0 Å². The Kier molecular flexibility index (Phi) is 12.7. The molecule has 0 radical (unpaired) electrons. The molecule has 0 amide bonds. The number of hydrogen-bond acceptors (Lipinski definition) is 2. The molecule has 0 atom stereocenters. The molecule has 0 aromatic heterocycles. The highest BCUT2D eigenvalue weighted by Crippen LogP contribution is 2.23. The van der Waals surface area contributed by atoms with E-state index in [0.717, 1.165) is 12.8 Å². The minimum Gasteiger partial charge on any atom is -0.348 e. The molecule has 2 heteroatoms. The van der Waals surface area contributed by atoms with Crippen LogP contribution in [0, 0.1) is 5.41 Å². The summed E-state index contributed by atoms with van der Waals surface area (Å²) in [6.07, 6.45) is 15.7. The van der Waals surface area contributed by atoms with Crippen LogP contribution in [0.5, 0.6) is 0 Å². The molecule has 0 spiro atoms. The predicted molar refractivity (Wildman–Crippen MR) is 92.5 cm³/mol. The molecule has 0 unspecified atom stereocenters. The van der Waals surface area contributed by atoms with Gasteiger partial charge in [-0.15, -0.1) is 0 Å². The van der Waals surface area contributed by atoms with Gasteiger partial charge in [-0.3, -0.25) is 0 Å². The first-order valence-electron chi connectivity index (χ1n) is 8.55. The summed E-state index contributed by atoms with van der Waals surface area (Å²) in [5.74, 6) is 0. The van der Waals surface area contributed by atoms with Crippen molar-refractivity contribution in [2.75, 3.05) is 13.2 Å². The standard InChI is InChI=1S/C19H36O2/c1-6-8-10-12-14-16-20-18(19(3,4)5)21-17-15-13-11-9-7-2/h12-15,18H,6-11,16-17H2,1-5H3/b14-12+,15-13+. The molecule has 0 aliphatic rings. The van der Waals surface area contributed by atoms with E-state index >= 15 is 0 Å². The average molecular weight is 296 g/mol. The van der Waals surface area contributed by atoms with Gasteiger partial charge >= 0.3 is 0 Å². The predicted octanol–water partition coefficient (Wildman–Crippen LogP) is 5.88. The maximum Gasteiger partial charge on any atom is 0.163 e. The van der Waals surface area contributed by atoms with Crippen LogP contribution in [0.4, 0.5) is 0 Å². The molecule has 21 heavy (non-hydrogen) atoms. The van der Waals surface area contributed by atoms with Crippen molar-refractivity contribution in [1.29, 1.82) is 0 Å². The molecule has 0 rings (SSSR count). The highest BCUT2D eigenvalue weighted by molar-refractivity contribution is 4.83. The summed E-state index contributed by atoms with van der Waals surface area (Å²) < 4.78 is 11.7. The van der Waals surface area contributed by atoms with Crippen LogP contribution >= 0.6 is 0 Å². The van der Waals surface area contributed by atoms with Crippen molar-refractivity contribution in [3.05, 3.63) is 24.3 Å². The molecule has 0 fully saturated rings. The molecule has 0 bridgehead atoms. The van der Waals surface area contributed by atoms with Gasteiger partial charge in [0.25, 0.3) is 0 Å². The maximum absolute atomic E-state index is 5.87. The zero-order valence-electron chi connectivity index (χ0n) is 14.9. The van der Waals surface area contributed by atoms with E-state index in [-0.39, 0.29) is 11.7 Å². The second kappa shape index (κ2) is 13.1. The Morgan fingerprint density at radius 3 is 1.52 bits per heavy atom. The Hall–Kier alpha value is -0.600. The van der Waals surface area contributed by atoms with Crippen LogP contribution < -0.4 is 0 Å². The Balaban J connectivity index is 3.99. The fourth-order valence-electron chi connectivity index (χ4n) is 1.85. The number of unbranched alkanes of at least 4 members (excludes halogenated alkanes) is 4. The number of rotatable bonds is 12. The van der Waals surface area contributed by atoms with E-state index in [0.29, 0.717) is 13.2 Å². The average Bonchev–Trinajstić information content (AvgIpc) is 2.42. The van der Waals surface area contributed by atoms with Gasteiger partial charge in [0.2, 0.25) is 0 Å². The summed E-state index contributed by atoms with van der Waals surface area (Å²) in [6, 6.07) is 0. The van der Waals surface area contributed by atoms with Gasteiger partial charge in [-0.1, -0.05) is 84.6 Å². The molecule has 0 saturated carbocycles. The van der Waals surface area contributed by atoms with Gasteiger partial charge in [-0.25, -0.2) is 0 Å². The van der Waals surface area contributed by atoms with Crippen LogP contribution in [0.1, 0.15) is 73.1 Å². The lowest BCUT2D eigenvalue weighted by Crippen LogP contribution is -2.32. The third-order valence-electron chi connectivity index (χ3n) is 3.18. The molecule has 0 aliphatic carbocycles. The molecule has 0 heterocycles. The Labute approximate surface area is 132 Å². The molecule has 0 aliphatic heterocycles. The van der Waals surface area contributed by atoms with Crippen LogP contribution in [0.3, 0.4) is 0 Å². The third-order valence-corrected chi connectivity index (χ3v) is 3.18. The second-order valence-electron chi connectivity index (χ2n) is 6.59. The molecule has 124 valence electrons. The first kappa shape index (κ1) is 20.4. The van der Waals surface area contributed by atoms with Crippen LogP contribution in [-0.2, 0) is 9.47 Å². The SMILES string of the molecule is CCCC/C=C/COC(OC/C=C/CCCC)C(C)(C)C. The first-order valence-corrected chi connectivity index (χ1v) is 8.55. The van der Waals surface area contributed by atoms with Crippen molar-refractivity contribution < 1.29 is 9.47 Å². The minimum absolute atomic E-state index is 0.00544. The molecule has 0 saturated heterocycles. The van der Waals surface area contributed by atoms with E-state index in [1.165, 1.54) is 25.7 Å². The van der Waals surface area contributed by atoms with E-state index < -0.39 is 0 Å². The fraction of sp³-hybridized carbons (Fsp3) is 0.789. The largest absolute Gasteiger partial charge is 0.348 e. The van der Waals surface area contributed by atoms with E-state index in [1.807, 2.05) is 0 Å². The van der Waals surface area contributed by atoms with Crippen molar-refractivity contribution in [3.63, 3.8) is 0 Å². The van der Waals surface area contributed by atoms with Crippen molar-refractivity contribution in [3.8, 4) is 0 Å². The molecular weight excluding hydrogens is 260 g/mol. The topological polar surface area (TPSA) is 18.5 Å². The Morgan fingerprint density at radius 2 is 1.19 bits per heavy atom. The van der Waals surface area contributed by atoms with Crippen molar-refractivity contribution in [1.82, 2.24) is 0 Å². The van der Waals surface area contributed by atoms with Crippen LogP contribution in [-0.4, -0.2) is 19.5 Å². The van der Waals surface area contributed by atoms with E-state index in [4.69, 9.17) is 9.47 Å². The van der Waals surface area contributed by atoms with E-state index in [1.54, 1.807) is 0 Å². The summed E-state index contributed by atoms with van der Waals surface area (Å²) >= 11 is 0. The summed E-state index contributed by atoms with van der Waals surface area (Å²) in [5, 5.41) is 0. The molecular formula is C19H36O2. The van der Waals surface area contributed by atoms with Gasteiger partial charge in [0.05, 0.1) is 13.2 Å². The van der Waals surface area contributed by atoms with Crippen molar-refractivity contribution in [2.24, 2.45) is 5.41 Å². The molecule has 0 aromatic rings. The van der Waals surface area contributed by atoms with Crippen LogP contribution in [0.15, 0.2) is 24.3 Å². The van der Waals surface area contributed by atoms with E-state index in [2.05, 4.69) is 58.9 Å². The normalized spacial score (nSPS) is 13.0. The zero-order chi connectivity index (χ0) is 16.0. The summed E-state index contributed by atoms with van der Waals surface area (Å²) in [4.78, 5) is 0. The van der Waals surface area contributed by atoms with Crippen molar-refractivity contribution >= 4 is 0 Å². The summed E-state index contributed by atoms with van der Waals surface area (Å²) in [7, 11) is 0. The Morgan fingerprint density at radius 1 is 0.762 bits per heavy atom. The molecule has 0 N–H and O–H groups in total. The fourth-order valence-corrected chi connectivity index (χ4v) is 1.85. The number of hydrogen-bond donors (Lipinski definition) is 0. The van der Waals surface area contributed by atoms with Crippen molar-refractivity contribution in [2.45, 2.75) is 79.4 Å². The zero-order valence-corrected chi connectivity index (χ0v) is 14.9. The van der Waals surface area contributed by atoms with Crippen LogP contribution in [0.25, 0.3) is 0 Å². The maximum atomic E-state index is 5.87. The smallest absolute Gasteiger partial charge is 0.163 e. The van der Waals surface area contributed by atoms with Gasteiger partial charge in [0.15, 0.2) is 6.29 Å².